The Morgan fingerprint density at radius 1 is 0.955 bits per heavy atom. The average Bonchev–Trinajstić information content (AvgIpc) is 2.19. The zero-order valence-corrected chi connectivity index (χ0v) is 14.0. The van der Waals surface area contributed by atoms with Gasteiger partial charge in [0.05, 0.1) is 12.5 Å². The molecule has 8 nitrogen and oxygen atoms in total. The van der Waals surface area contributed by atoms with E-state index in [0.29, 0.717) is 0 Å². The van der Waals surface area contributed by atoms with Crippen molar-refractivity contribution in [1.29, 1.82) is 0 Å². The predicted molar refractivity (Wildman–Crippen MR) is 79.6 cm³/mol. The highest BCUT2D eigenvalue weighted by Gasteiger charge is 2.23. The van der Waals surface area contributed by atoms with Crippen LogP contribution in [0.15, 0.2) is 0 Å². The van der Waals surface area contributed by atoms with Crippen molar-refractivity contribution in [2.45, 2.75) is 65.2 Å². The van der Waals surface area contributed by atoms with E-state index in [1.807, 2.05) is 0 Å². The quantitative estimate of drug-likeness (QED) is 0.713. The molecular weight excluding hydrogens is 292 g/mol. The molecule has 0 aromatic carbocycles. The van der Waals surface area contributed by atoms with Gasteiger partial charge in [-0.1, -0.05) is 0 Å². The van der Waals surface area contributed by atoms with Crippen molar-refractivity contribution >= 4 is 18.2 Å². The van der Waals surface area contributed by atoms with Gasteiger partial charge in [-0.05, 0) is 41.5 Å². The third-order valence-electron chi connectivity index (χ3n) is 2.03. The topological polar surface area (TPSA) is 114 Å². The number of carboxylic acid groups (broad SMARTS) is 1. The second-order valence-electron chi connectivity index (χ2n) is 6.82. The van der Waals surface area contributed by atoms with Crippen molar-refractivity contribution in [1.82, 2.24) is 10.6 Å². The molecule has 0 aliphatic heterocycles. The fraction of sp³-hybridized carbons (Fsp3) is 0.786. The highest BCUT2D eigenvalue weighted by atomic mass is 16.6. The normalized spacial score (nSPS) is 13.0. The Bertz CT molecular complexity index is 409. The predicted octanol–water partition coefficient (Wildman–Crippen LogP) is 1.88. The number of ether oxygens (including phenoxy) is 2. The van der Waals surface area contributed by atoms with E-state index in [1.165, 1.54) is 0 Å². The number of carbonyl (C=O) groups is 3. The minimum Gasteiger partial charge on any atom is -0.481 e. The van der Waals surface area contributed by atoms with Crippen LogP contribution in [0.4, 0.5) is 9.59 Å². The smallest absolute Gasteiger partial charge is 0.407 e. The summed E-state index contributed by atoms with van der Waals surface area (Å²) < 4.78 is 10.1. The molecule has 0 aliphatic carbocycles. The molecular formula is C14H26N2O6. The monoisotopic (exact) mass is 318 g/mol. The molecule has 1 atom stereocenters. The lowest BCUT2D eigenvalue weighted by Gasteiger charge is -2.24. The molecule has 0 rings (SSSR count). The average molecular weight is 318 g/mol. The Morgan fingerprint density at radius 3 is 1.82 bits per heavy atom. The Hall–Kier alpha value is -1.99. The Kier molecular flexibility index (Phi) is 7.15. The lowest BCUT2D eigenvalue weighted by Crippen LogP contribution is -2.47. The second-order valence-corrected chi connectivity index (χ2v) is 6.82. The minimum absolute atomic E-state index is 0.0829. The van der Waals surface area contributed by atoms with Crippen LogP contribution in [0.2, 0.25) is 0 Å². The highest BCUT2D eigenvalue weighted by molar-refractivity contribution is 5.72. The van der Waals surface area contributed by atoms with Gasteiger partial charge < -0.3 is 25.2 Å². The van der Waals surface area contributed by atoms with E-state index in [0.717, 1.165) is 0 Å². The van der Waals surface area contributed by atoms with Crippen LogP contribution in [0.25, 0.3) is 0 Å². The number of nitrogens with one attached hydrogen (secondary N) is 2. The fourth-order valence-corrected chi connectivity index (χ4v) is 1.38. The van der Waals surface area contributed by atoms with Crippen molar-refractivity contribution in [2.75, 3.05) is 6.54 Å². The maximum atomic E-state index is 11.7. The Balaban J connectivity index is 4.50. The number of aliphatic carboxylic acids is 1. The van der Waals surface area contributed by atoms with Crippen molar-refractivity contribution in [3.8, 4) is 0 Å². The number of carbonyl (C=O) groups excluding carboxylic acids is 2. The Morgan fingerprint density at radius 2 is 1.41 bits per heavy atom. The van der Waals surface area contributed by atoms with Crippen LogP contribution >= 0.6 is 0 Å². The van der Waals surface area contributed by atoms with Gasteiger partial charge in [-0.2, -0.15) is 0 Å². The molecule has 0 saturated heterocycles. The fourth-order valence-electron chi connectivity index (χ4n) is 1.38. The number of amides is 2. The first kappa shape index (κ1) is 20.0. The summed E-state index contributed by atoms with van der Waals surface area (Å²) in [7, 11) is 0. The molecule has 0 aromatic heterocycles. The van der Waals surface area contributed by atoms with Gasteiger partial charge in [0.2, 0.25) is 0 Å². The highest BCUT2D eigenvalue weighted by Crippen LogP contribution is 2.08. The molecule has 128 valence electrons. The van der Waals surface area contributed by atoms with E-state index in [1.54, 1.807) is 41.5 Å². The van der Waals surface area contributed by atoms with Crippen LogP contribution in [0, 0.1) is 0 Å². The lowest BCUT2D eigenvalue weighted by atomic mass is 10.2. The van der Waals surface area contributed by atoms with Gasteiger partial charge >= 0.3 is 18.2 Å². The summed E-state index contributed by atoms with van der Waals surface area (Å²) in [5.74, 6) is -1.10. The van der Waals surface area contributed by atoms with Gasteiger partial charge in [0.15, 0.2) is 0 Å². The van der Waals surface area contributed by atoms with E-state index in [-0.39, 0.29) is 13.0 Å². The van der Waals surface area contributed by atoms with Crippen molar-refractivity contribution in [3.63, 3.8) is 0 Å². The summed E-state index contributed by atoms with van der Waals surface area (Å²) in [6, 6.07) is -0.806. The number of rotatable bonds is 5. The van der Waals surface area contributed by atoms with Crippen LogP contribution in [-0.4, -0.2) is 47.1 Å². The molecule has 0 heterocycles. The van der Waals surface area contributed by atoms with Crippen LogP contribution in [0.5, 0.6) is 0 Å². The first-order valence-corrected chi connectivity index (χ1v) is 6.96. The summed E-state index contributed by atoms with van der Waals surface area (Å²) >= 11 is 0. The first-order valence-electron chi connectivity index (χ1n) is 6.96. The molecule has 3 N–H and O–H groups in total. The van der Waals surface area contributed by atoms with Gasteiger partial charge in [-0.15, -0.1) is 0 Å². The molecule has 0 spiro atoms. The van der Waals surface area contributed by atoms with E-state index in [2.05, 4.69) is 10.6 Å². The molecule has 22 heavy (non-hydrogen) atoms. The molecule has 1 unspecified atom stereocenters. The Labute approximate surface area is 130 Å². The van der Waals surface area contributed by atoms with Gasteiger partial charge in [0, 0.05) is 6.54 Å². The number of hydrogen-bond donors (Lipinski definition) is 3. The van der Waals surface area contributed by atoms with Crippen molar-refractivity contribution < 1.29 is 29.0 Å². The SMILES string of the molecule is CC(C)(C)OC(=O)NCC(CC(=O)O)NC(=O)OC(C)(C)C. The molecule has 0 fully saturated rings. The standard InChI is InChI=1S/C14H26N2O6/c1-13(2,3)21-11(19)15-8-9(7-10(17)18)16-12(20)22-14(4,5)6/h9H,7-8H2,1-6H3,(H,15,19)(H,16,20)(H,17,18). The van der Waals surface area contributed by atoms with Crippen molar-refractivity contribution in [3.05, 3.63) is 0 Å². The molecule has 0 radical (unpaired) electrons. The second kappa shape index (κ2) is 7.86. The van der Waals surface area contributed by atoms with Crippen molar-refractivity contribution in [2.24, 2.45) is 0 Å². The maximum absolute atomic E-state index is 11.7. The molecule has 0 aromatic rings. The maximum Gasteiger partial charge on any atom is 0.407 e. The van der Waals surface area contributed by atoms with Gasteiger partial charge in [-0.25, -0.2) is 9.59 Å². The summed E-state index contributed by atoms with van der Waals surface area (Å²) in [5.41, 5.74) is -1.36. The zero-order chi connectivity index (χ0) is 17.6. The number of carboxylic acids is 1. The van der Waals surface area contributed by atoms with E-state index < -0.39 is 35.4 Å². The molecule has 8 heteroatoms. The van der Waals surface area contributed by atoms with Gasteiger partial charge in [0.25, 0.3) is 0 Å². The lowest BCUT2D eigenvalue weighted by molar-refractivity contribution is -0.137. The molecule has 0 bridgehead atoms. The summed E-state index contributed by atoms with van der Waals surface area (Å²) in [6.07, 6.45) is -1.78. The van der Waals surface area contributed by atoms with Crippen LogP contribution in [0.1, 0.15) is 48.0 Å². The third-order valence-corrected chi connectivity index (χ3v) is 2.03. The zero-order valence-electron chi connectivity index (χ0n) is 14.0. The first-order chi connectivity index (χ1) is 9.78. The van der Waals surface area contributed by atoms with E-state index >= 15 is 0 Å². The molecule has 0 saturated carbocycles. The van der Waals surface area contributed by atoms with Gasteiger partial charge in [-0.3, -0.25) is 4.79 Å². The molecule has 2 amide bonds. The van der Waals surface area contributed by atoms with Crippen LogP contribution in [0.3, 0.4) is 0 Å². The number of hydrogen-bond acceptors (Lipinski definition) is 5. The summed E-state index contributed by atoms with van der Waals surface area (Å²) in [4.78, 5) is 34.0. The minimum atomic E-state index is -1.10. The van der Waals surface area contributed by atoms with Gasteiger partial charge in [0.1, 0.15) is 11.2 Å². The number of alkyl carbamates (subject to hydrolysis) is 2. The third kappa shape index (κ3) is 11.8. The van der Waals surface area contributed by atoms with Crippen LogP contribution in [-0.2, 0) is 14.3 Å². The molecule has 0 aliphatic rings. The summed E-state index contributed by atoms with van der Waals surface area (Å²) in [6.45, 7) is 10.1. The summed E-state index contributed by atoms with van der Waals surface area (Å²) in [5, 5.41) is 13.7. The van der Waals surface area contributed by atoms with Crippen LogP contribution < -0.4 is 10.6 Å². The van der Waals surface area contributed by atoms with E-state index in [4.69, 9.17) is 14.6 Å². The largest absolute Gasteiger partial charge is 0.481 e. The van der Waals surface area contributed by atoms with E-state index in [9.17, 15) is 14.4 Å².